The van der Waals surface area contributed by atoms with Crippen molar-refractivity contribution in [2.24, 2.45) is 5.73 Å². The van der Waals surface area contributed by atoms with Gasteiger partial charge in [-0.2, -0.15) is 0 Å². The lowest BCUT2D eigenvalue weighted by Crippen LogP contribution is -2.30. The zero-order chi connectivity index (χ0) is 15.1. The molecule has 0 fully saturated rings. The molecule has 0 aromatic heterocycles. The third-order valence-corrected chi connectivity index (χ3v) is 3.51. The van der Waals surface area contributed by atoms with Gasteiger partial charge < -0.3 is 11.1 Å². The quantitative estimate of drug-likeness (QED) is 0.806. The van der Waals surface area contributed by atoms with Crippen LogP contribution in [0.4, 0.5) is 8.78 Å². The Labute approximate surface area is 120 Å². The maximum atomic E-state index is 13.6. The van der Waals surface area contributed by atoms with Gasteiger partial charge in [-0.15, -0.1) is 11.8 Å². The maximum absolute atomic E-state index is 13.6. The van der Waals surface area contributed by atoms with E-state index in [1.165, 1.54) is 0 Å². The predicted molar refractivity (Wildman–Crippen MR) is 74.1 cm³/mol. The number of halogens is 2. The Kier molecular flexibility index (Phi) is 6.44. The molecule has 1 rings (SSSR count). The van der Waals surface area contributed by atoms with Gasteiger partial charge in [-0.25, -0.2) is 8.78 Å². The molecule has 1 aromatic carbocycles. The van der Waals surface area contributed by atoms with Gasteiger partial charge in [0.25, 0.3) is 0 Å². The van der Waals surface area contributed by atoms with Crippen LogP contribution < -0.4 is 11.1 Å². The highest BCUT2D eigenvalue weighted by atomic mass is 32.2. The van der Waals surface area contributed by atoms with E-state index in [1.807, 2.05) is 0 Å². The zero-order valence-electron chi connectivity index (χ0n) is 11.0. The highest BCUT2D eigenvalue weighted by Gasteiger charge is 2.17. The van der Waals surface area contributed by atoms with Gasteiger partial charge in [-0.05, 0) is 24.6 Å². The summed E-state index contributed by atoms with van der Waals surface area (Å²) in [7, 11) is 0. The molecule has 0 bridgehead atoms. The first-order valence-electron chi connectivity index (χ1n) is 6.04. The van der Waals surface area contributed by atoms with Gasteiger partial charge in [0.1, 0.15) is 11.6 Å². The molecule has 7 heteroatoms. The Balaban J connectivity index is 2.64. The van der Waals surface area contributed by atoms with Crippen LogP contribution in [0.5, 0.6) is 0 Å². The van der Waals surface area contributed by atoms with Gasteiger partial charge >= 0.3 is 0 Å². The molecule has 0 saturated heterocycles. The highest BCUT2D eigenvalue weighted by Crippen LogP contribution is 2.21. The monoisotopic (exact) mass is 302 g/mol. The van der Waals surface area contributed by atoms with Crippen LogP contribution in [0.2, 0.25) is 0 Å². The molecule has 0 aliphatic heterocycles. The van der Waals surface area contributed by atoms with Gasteiger partial charge in [-0.1, -0.05) is 6.92 Å². The largest absolute Gasteiger partial charge is 0.369 e. The molecule has 0 saturated carbocycles. The van der Waals surface area contributed by atoms with Crippen LogP contribution in [0.25, 0.3) is 0 Å². The Morgan fingerprint density at radius 1 is 1.35 bits per heavy atom. The van der Waals surface area contributed by atoms with E-state index in [4.69, 9.17) is 5.73 Å². The first-order valence-corrected chi connectivity index (χ1v) is 7.19. The molecule has 1 aromatic rings. The Morgan fingerprint density at radius 2 is 2.05 bits per heavy atom. The van der Waals surface area contributed by atoms with Crippen LogP contribution in [0.3, 0.4) is 0 Å². The molecule has 20 heavy (non-hydrogen) atoms. The lowest BCUT2D eigenvalue weighted by molar-refractivity contribution is -0.119. The first-order chi connectivity index (χ1) is 9.43. The van der Waals surface area contributed by atoms with Crippen LogP contribution in [0, 0.1) is 11.6 Å². The third-order valence-electron chi connectivity index (χ3n) is 2.55. The van der Waals surface area contributed by atoms with E-state index in [2.05, 4.69) is 5.32 Å². The third kappa shape index (κ3) is 5.16. The number of benzene rings is 1. The van der Waals surface area contributed by atoms with E-state index in [0.29, 0.717) is 6.42 Å². The lowest BCUT2D eigenvalue weighted by atomic mass is 10.0. The highest BCUT2D eigenvalue weighted by molar-refractivity contribution is 8.00. The number of nitrogens with two attached hydrogens (primary N) is 1. The van der Waals surface area contributed by atoms with Crippen molar-refractivity contribution in [3.05, 3.63) is 35.4 Å². The molecule has 4 nitrogen and oxygen atoms in total. The molecule has 3 N–H and O–H groups in total. The van der Waals surface area contributed by atoms with E-state index in [0.717, 1.165) is 30.0 Å². The number of hydrogen-bond donors (Lipinski definition) is 2. The second kappa shape index (κ2) is 7.84. The molecular weight excluding hydrogens is 286 g/mol. The fraction of sp³-hybridized carbons (Fsp3) is 0.385. The van der Waals surface area contributed by atoms with Gasteiger partial charge in [0.05, 0.1) is 17.5 Å². The van der Waals surface area contributed by atoms with E-state index < -0.39 is 23.6 Å². The molecule has 0 aliphatic carbocycles. The Bertz CT molecular complexity index is 497. The van der Waals surface area contributed by atoms with Crippen LogP contribution in [0.1, 0.15) is 24.9 Å². The summed E-state index contributed by atoms with van der Waals surface area (Å²) in [5.74, 6) is -1.91. The number of primary amides is 1. The van der Waals surface area contributed by atoms with Crippen molar-refractivity contribution in [3.8, 4) is 0 Å². The number of hydrogen-bond acceptors (Lipinski definition) is 3. The summed E-state index contributed by atoms with van der Waals surface area (Å²) in [5.41, 5.74) is 5.06. The SMILES string of the molecule is CC[C@H](NC(=O)CSCC(N)=O)c1cc(F)ccc1F. The maximum Gasteiger partial charge on any atom is 0.230 e. The average Bonchev–Trinajstić information content (AvgIpc) is 2.38. The molecule has 0 heterocycles. The number of amides is 2. The molecule has 1 atom stereocenters. The predicted octanol–water partition coefficient (Wildman–Crippen LogP) is 1.75. The van der Waals surface area contributed by atoms with Gasteiger partial charge in [0.2, 0.25) is 11.8 Å². The second-order valence-corrected chi connectivity index (χ2v) is 5.14. The van der Waals surface area contributed by atoms with E-state index >= 15 is 0 Å². The number of nitrogens with one attached hydrogen (secondary N) is 1. The smallest absolute Gasteiger partial charge is 0.230 e. The van der Waals surface area contributed by atoms with Crippen molar-refractivity contribution in [3.63, 3.8) is 0 Å². The Hall–Kier alpha value is -1.63. The summed E-state index contributed by atoms with van der Waals surface area (Å²) in [4.78, 5) is 22.2. The molecular formula is C13H16F2N2O2S. The Morgan fingerprint density at radius 3 is 2.65 bits per heavy atom. The molecule has 0 unspecified atom stereocenters. The topological polar surface area (TPSA) is 72.2 Å². The van der Waals surface area contributed by atoms with Crippen molar-refractivity contribution in [2.45, 2.75) is 19.4 Å². The van der Waals surface area contributed by atoms with Crippen LogP contribution >= 0.6 is 11.8 Å². The van der Waals surface area contributed by atoms with Crippen molar-refractivity contribution >= 4 is 23.6 Å². The van der Waals surface area contributed by atoms with Crippen LogP contribution in [-0.4, -0.2) is 23.3 Å². The molecule has 110 valence electrons. The van der Waals surface area contributed by atoms with Gasteiger partial charge in [0.15, 0.2) is 0 Å². The first kappa shape index (κ1) is 16.4. The van der Waals surface area contributed by atoms with Crippen molar-refractivity contribution in [1.82, 2.24) is 5.32 Å². The van der Waals surface area contributed by atoms with E-state index in [-0.39, 0.29) is 23.0 Å². The standard InChI is InChI=1S/C13H16F2N2O2S/c1-2-11(9-5-8(14)3-4-10(9)15)17-13(19)7-20-6-12(16)18/h3-5,11H,2,6-7H2,1H3,(H2,16,18)(H,17,19)/t11-/m0/s1. The number of carbonyl (C=O) groups excluding carboxylic acids is 2. The fourth-order valence-electron chi connectivity index (χ4n) is 1.66. The average molecular weight is 302 g/mol. The number of carbonyl (C=O) groups is 2. The minimum absolute atomic E-state index is 0.0381. The fourth-order valence-corrected chi connectivity index (χ4v) is 2.23. The normalized spacial score (nSPS) is 11.9. The summed E-state index contributed by atoms with van der Waals surface area (Å²) < 4.78 is 26.8. The lowest BCUT2D eigenvalue weighted by Gasteiger charge is -2.18. The van der Waals surface area contributed by atoms with Gasteiger partial charge in [0, 0.05) is 5.56 Å². The summed E-state index contributed by atoms with van der Waals surface area (Å²) >= 11 is 1.07. The van der Waals surface area contributed by atoms with Crippen LogP contribution in [-0.2, 0) is 9.59 Å². The summed E-state index contributed by atoms with van der Waals surface area (Å²) in [6.45, 7) is 1.76. The van der Waals surface area contributed by atoms with Crippen molar-refractivity contribution in [2.75, 3.05) is 11.5 Å². The zero-order valence-corrected chi connectivity index (χ0v) is 11.8. The number of thioether (sulfide) groups is 1. The van der Waals surface area contributed by atoms with E-state index in [1.54, 1.807) is 6.92 Å². The summed E-state index contributed by atoms with van der Waals surface area (Å²) in [6, 6.07) is 2.52. The summed E-state index contributed by atoms with van der Waals surface area (Å²) in [5, 5.41) is 2.61. The van der Waals surface area contributed by atoms with Crippen LogP contribution in [0.15, 0.2) is 18.2 Å². The van der Waals surface area contributed by atoms with Crippen molar-refractivity contribution in [1.29, 1.82) is 0 Å². The molecule has 0 spiro atoms. The van der Waals surface area contributed by atoms with Gasteiger partial charge in [-0.3, -0.25) is 9.59 Å². The molecule has 0 aliphatic rings. The number of rotatable bonds is 7. The summed E-state index contributed by atoms with van der Waals surface area (Å²) in [6.07, 6.45) is 0.423. The minimum Gasteiger partial charge on any atom is -0.369 e. The second-order valence-electron chi connectivity index (χ2n) is 4.15. The minimum atomic E-state index is -0.604. The molecule has 0 radical (unpaired) electrons. The van der Waals surface area contributed by atoms with E-state index in [9.17, 15) is 18.4 Å². The van der Waals surface area contributed by atoms with Crippen molar-refractivity contribution < 1.29 is 18.4 Å². The molecule has 2 amide bonds.